The molecule has 1 atom stereocenters. The Morgan fingerprint density at radius 3 is 2.62 bits per heavy atom. The quantitative estimate of drug-likeness (QED) is 0.461. The Balaban J connectivity index is 1.88. The van der Waals surface area contributed by atoms with Crippen LogP contribution < -0.4 is 10.6 Å². The number of nitrogens with one attached hydrogen (secondary N) is 2. The molecule has 0 aromatic rings. The van der Waals surface area contributed by atoms with Gasteiger partial charge in [0.25, 0.3) is 0 Å². The summed E-state index contributed by atoms with van der Waals surface area (Å²) < 4.78 is 30.2. The number of sulfonamides is 1. The van der Waals surface area contributed by atoms with E-state index < -0.39 is 10.0 Å². The van der Waals surface area contributed by atoms with Gasteiger partial charge in [0.05, 0.1) is 6.26 Å². The van der Waals surface area contributed by atoms with Crippen LogP contribution in [-0.4, -0.2) is 71.4 Å². The van der Waals surface area contributed by atoms with E-state index in [9.17, 15) is 8.42 Å². The van der Waals surface area contributed by atoms with Crippen molar-refractivity contribution in [2.24, 2.45) is 16.3 Å². The zero-order chi connectivity index (χ0) is 19.0. The number of nitrogens with zero attached hydrogens (tertiary/aromatic N) is 2. The molecule has 0 amide bonds. The lowest BCUT2D eigenvalue weighted by atomic mass is 9.83. The van der Waals surface area contributed by atoms with Crippen molar-refractivity contribution in [3.63, 3.8) is 0 Å². The lowest BCUT2D eigenvalue weighted by Crippen LogP contribution is -2.41. The van der Waals surface area contributed by atoms with E-state index >= 15 is 0 Å². The Hall–Kier alpha value is -0.860. The van der Waals surface area contributed by atoms with Gasteiger partial charge in [0.1, 0.15) is 0 Å². The van der Waals surface area contributed by atoms with Crippen LogP contribution in [0, 0.1) is 11.3 Å². The first kappa shape index (κ1) is 21.4. The number of ether oxygens (including phenoxy) is 1. The molecule has 1 aliphatic carbocycles. The third-order valence-electron chi connectivity index (χ3n) is 5.69. The van der Waals surface area contributed by atoms with Crippen LogP contribution in [0.15, 0.2) is 4.99 Å². The Morgan fingerprint density at radius 2 is 2.04 bits per heavy atom. The third-order valence-corrected chi connectivity index (χ3v) is 6.96. The number of rotatable bonds is 9. The number of hydrogen-bond acceptors (Lipinski definition) is 4. The summed E-state index contributed by atoms with van der Waals surface area (Å²) in [6, 6.07) is 0. The third kappa shape index (κ3) is 6.39. The molecular formula is C18H36N4O3S. The Morgan fingerprint density at radius 1 is 1.31 bits per heavy atom. The van der Waals surface area contributed by atoms with Crippen molar-refractivity contribution in [3.05, 3.63) is 0 Å². The molecule has 0 aromatic heterocycles. The standard InChI is InChI=1S/C18H36N4O3S/c1-4-19-17(20-13-16-7-11-22(14-16)26(3,23)24)21-15-18(10-12-25-2)8-5-6-9-18/h16H,4-15H2,1-3H3,(H2,19,20,21). The molecule has 1 unspecified atom stereocenters. The van der Waals surface area contributed by atoms with Gasteiger partial charge in [-0.1, -0.05) is 12.8 Å². The van der Waals surface area contributed by atoms with Gasteiger partial charge in [-0.05, 0) is 43.9 Å². The maximum Gasteiger partial charge on any atom is 0.211 e. The average molecular weight is 389 g/mol. The second-order valence-electron chi connectivity index (χ2n) is 7.80. The van der Waals surface area contributed by atoms with Gasteiger partial charge in [-0.15, -0.1) is 0 Å². The number of hydrogen-bond donors (Lipinski definition) is 2. The molecule has 0 bridgehead atoms. The van der Waals surface area contributed by atoms with Crippen LogP contribution in [0.5, 0.6) is 0 Å². The number of guanidine groups is 1. The first-order valence-electron chi connectivity index (χ1n) is 9.85. The highest BCUT2D eigenvalue weighted by atomic mass is 32.2. The van der Waals surface area contributed by atoms with Gasteiger partial charge in [-0.25, -0.2) is 12.7 Å². The molecular weight excluding hydrogens is 352 g/mol. The van der Waals surface area contributed by atoms with Crippen molar-refractivity contribution in [2.45, 2.75) is 45.4 Å². The van der Waals surface area contributed by atoms with Crippen molar-refractivity contribution < 1.29 is 13.2 Å². The fourth-order valence-electron chi connectivity index (χ4n) is 4.03. The molecule has 1 heterocycles. The van der Waals surface area contributed by atoms with Crippen LogP contribution in [0.4, 0.5) is 0 Å². The lowest BCUT2D eigenvalue weighted by Gasteiger charge is -2.27. The molecule has 8 heteroatoms. The molecule has 26 heavy (non-hydrogen) atoms. The minimum absolute atomic E-state index is 0.277. The van der Waals surface area contributed by atoms with E-state index in [1.54, 1.807) is 11.4 Å². The fourth-order valence-corrected chi connectivity index (χ4v) is 4.94. The van der Waals surface area contributed by atoms with Gasteiger partial charge in [0.15, 0.2) is 5.96 Å². The fraction of sp³-hybridized carbons (Fsp3) is 0.944. The average Bonchev–Trinajstić information content (AvgIpc) is 3.25. The predicted octanol–water partition coefficient (Wildman–Crippen LogP) is 1.42. The molecule has 2 N–H and O–H groups in total. The van der Waals surface area contributed by atoms with Crippen LogP contribution in [0.25, 0.3) is 0 Å². The van der Waals surface area contributed by atoms with Gasteiger partial charge in [-0.2, -0.15) is 0 Å². The Kier molecular flexibility index (Phi) is 8.16. The molecule has 152 valence electrons. The summed E-state index contributed by atoms with van der Waals surface area (Å²) in [5, 5.41) is 6.74. The Bertz CT molecular complexity index is 559. The maximum atomic E-state index is 11.7. The van der Waals surface area contributed by atoms with Gasteiger partial charge < -0.3 is 15.4 Å². The second kappa shape index (κ2) is 9.90. The van der Waals surface area contributed by atoms with E-state index in [1.807, 2.05) is 0 Å². The second-order valence-corrected chi connectivity index (χ2v) is 9.78. The number of methoxy groups -OCH3 is 1. The minimum atomic E-state index is -3.07. The molecule has 2 aliphatic rings. The topological polar surface area (TPSA) is 83.0 Å². The SMILES string of the molecule is CCNC(=NCC1(CCOC)CCCC1)NCC1CCN(S(C)(=O)=O)C1. The van der Waals surface area contributed by atoms with Crippen LogP contribution in [0.1, 0.15) is 45.4 Å². The van der Waals surface area contributed by atoms with E-state index in [0.29, 0.717) is 19.0 Å². The molecule has 1 saturated heterocycles. The zero-order valence-electron chi connectivity index (χ0n) is 16.6. The molecule has 1 saturated carbocycles. The predicted molar refractivity (Wildman–Crippen MR) is 106 cm³/mol. The normalized spacial score (nSPS) is 24.1. The zero-order valence-corrected chi connectivity index (χ0v) is 17.4. The van der Waals surface area contributed by atoms with E-state index in [-0.39, 0.29) is 5.41 Å². The van der Waals surface area contributed by atoms with Gasteiger partial charge >= 0.3 is 0 Å². The molecule has 0 aromatic carbocycles. The van der Waals surface area contributed by atoms with E-state index in [2.05, 4.69) is 17.6 Å². The van der Waals surface area contributed by atoms with Crippen LogP contribution in [-0.2, 0) is 14.8 Å². The molecule has 2 rings (SSSR count). The van der Waals surface area contributed by atoms with E-state index in [1.165, 1.54) is 31.9 Å². The van der Waals surface area contributed by atoms with Gasteiger partial charge in [0.2, 0.25) is 10.0 Å². The highest BCUT2D eigenvalue weighted by molar-refractivity contribution is 7.88. The smallest absolute Gasteiger partial charge is 0.211 e. The van der Waals surface area contributed by atoms with Crippen molar-refractivity contribution in [1.82, 2.24) is 14.9 Å². The summed E-state index contributed by atoms with van der Waals surface area (Å²) in [6.45, 7) is 6.48. The van der Waals surface area contributed by atoms with Gasteiger partial charge in [0, 0.05) is 46.4 Å². The van der Waals surface area contributed by atoms with Crippen molar-refractivity contribution >= 4 is 16.0 Å². The highest BCUT2D eigenvalue weighted by Crippen LogP contribution is 2.41. The van der Waals surface area contributed by atoms with E-state index in [0.717, 1.165) is 45.0 Å². The first-order valence-corrected chi connectivity index (χ1v) is 11.7. The van der Waals surface area contributed by atoms with E-state index in [4.69, 9.17) is 9.73 Å². The van der Waals surface area contributed by atoms with Crippen molar-refractivity contribution in [1.29, 1.82) is 0 Å². The minimum Gasteiger partial charge on any atom is -0.385 e. The summed E-state index contributed by atoms with van der Waals surface area (Å²) in [4.78, 5) is 4.86. The summed E-state index contributed by atoms with van der Waals surface area (Å²) in [6.07, 6.45) is 8.28. The lowest BCUT2D eigenvalue weighted by molar-refractivity contribution is 0.141. The van der Waals surface area contributed by atoms with Crippen molar-refractivity contribution in [3.8, 4) is 0 Å². The van der Waals surface area contributed by atoms with Crippen LogP contribution in [0.3, 0.4) is 0 Å². The number of aliphatic imine (C=N–C) groups is 1. The summed E-state index contributed by atoms with van der Waals surface area (Å²) in [7, 11) is -1.31. The van der Waals surface area contributed by atoms with Crippen molar-refractivity contribution in [2.75, 3.05) is 52.7 Å². The van der Waals surface area contributed by atoms with Gasteiger partial charge in [-0.3, -0.25) is 4.99 Å². The molecule has 2 fully saturated rings. The van der Waals surface area contributed by atoms with Crippen LogP contribution >= 0.6 is 0 Å². The molecule has 0 spiro atoms. The molecule has 7 nitrogen and oxygen atoms in total. The van der Waals surface area contributed by atoms with Crippen LogP contribution in [0.2, 0.25) is 0 Å². The molecule has 1 aliphatic heterocycles. The summed E-state index contributed by atoms with van der Waals surface area (Å²) in [5.74, 6) is 1.18. The summed E-state index contributed by atoms with van der Waals surface area (Å²) in [5.41, 5.74) is 0.277. The monoisotopic (exact) mass is 388 g/mol. The highest BCUT2D eigenvalue weighted by Gasteiger charge is 2.33. The Labute approximate surface area is 159 Å². The maximum absolute atomic E-state index is 11.7. The largest absolute Gasteiger partial charge is 0.385 e. The first-order chi connectivity index (χ1) is 12.4. The molecule has 0 radical (unpaired) electrons. The summed E-state index contributed by atoms with van der Waals surface area (Å²) >= 11 is 0.